The number of carbonyl (C=O) groups is 4. The van der Waals surface area contributed by atoms with E-state index in [2.05, 4.69) is 26.6 Å². The molecule has 0 unspecified atom stereocenters. The number of methoxy groups -OCH3 is 1. The Morgan fingerprint density at radius 1 is 0.976 bits per heavy atom. The van der Waals surface area contributed by atoms with Gasteiger partial charge in [-0.2, -0.15) is 0 Å². The molecule has 0 aliphatic carbocycles. The number of amides is 4. The molecule has 1 fully saturated rings. The van der Waals surface area contributed by atoms with E-state index in [-0.39, 0.29) is 17.4 Å². The summed E-state index contributed by atoms with van der Waals surface area (Å²) >= 11 is 10.0. The van der Waals surface area contributed by atoms with E-state index in [0.29, 0.717) is 33.5 Å². The minimum absolute atomic E-state index is 0.156. The Balaban J connectivity index is 1.38. The van der Waals surface area contributed by atoms with Crippen molar-refractivity contribution < 1.29 is 28.7 Å². The molecule has 0 atom stereocenters. The molecule has 1 aliphatic heterocycles. The van der Waals surface area contributed by atoms with Gasteiger partial charge in [-0.25, -0.2) is 0 Å². The van der Waals surface area contributed by atoms with Crippen molar-refractivity contribution in [3.8, 4) is 11.5 Å². The predicted octanol–water partition coefficient (Wildman–Crippen LogP) is 6.42. The number of nitrogens with zero attached hydrogens (tertiary/aromatic N) is 1. The van der Waals surface area contributed by atoms with Crippen LogP contribution < -0.4 is 20.1 Å². The first-order chi connectivity index (χ1) is 19.5. The van der Waals surface area contributed by atoms with Crippen molar-refractivity contribution in [1.29, 1.82) is 0 Å². The van der Waals surface area contributed by atoms with E-state index in [9.17, 15) is 19.2 Å². The first kappa shape index (κ1) is 30.2. The van der Waals surface area contributed by atoms with E-state index in [1.54, 1.807) is 42.5 Å². The standard InChI is InChI=1S/C29H25BrClN3O6S/c1-16-10-21(30)22(11-17(16)2)33-27(36)15-40-23-9-4-18(12-24(23)39-3)13-25-28(37)34(29(38)41-25)14-26(35)32-20-7-5-19(31)6-8-20/h4-13H,14-15H2,1-3H3,(H,32,35)(H,33,36)/b25-13+. The van der Waals surface area contributed by atoms with Crippen molar-refractivity contribution >= 4 is 79.7 Å². The third-order valence-electron chi connectivity index (χ3n) is 6.00. The van der Waals surface area contributed by atoms with Gasteiger partial charge in [-0.15, -0.1) is 0 Å². The van der Waals surface area contributed by atoms with Crippen LogP contribution in [-0.4, -0.2) is 48.1 Å². The smallest absolute Gasteiger partial charge is 0.294 e. The van der Waals surface area contributed by atoms with Crippen molar-refractivity contribution in [2.75, 3.05) is 30.9 Å². The van der Waals surface area contributed by atoms with Crippen LogP contribution in [0.3, 0.4) is 0 Å². The maximum atomic E-state index is 12.9. The SMILES string of the molecule is COc1cc(/C=C2/SC(=O)N(CC(=O)Nc3ccc(Cl)cc3)C2=O)ccc1OCC(=O)Nc1cc(C)c(C)cc1Br. The fourth-order valence-electron chi connectivity index (χ4n) is 3.76. The average molecular weight is 659 g/mol. The van der Waals surface area contributed by atoms with E-state index in [4.69, 9.17) is 21.1 Å². The molecule has 3 aromatic rings. The van der Waals surface area contributed by atoms with Crippen LogP contribution in [0.25, 0.3) is 6.08 Å². The number of nitrogens with one attached hydrogen (secondary N) is 2. The number of halogens is 2. The largest absolute Gasteiger partial charge is 0.493 e. The fourth-order valence-corrected chi connectivity index (χ4v) is 5.29. The lowest BCUT2D eigenvalue weighted by atomic mass is 10.1. The van der Waals surface area contributed by atoms with Crippen LogP contribution in [-0.2, 0) is 14.4 Å². The number of ether oxygens (including phenoxy) is 2. The minimum Gasteiger partial charge on any atom is -0.493 e. The zero-order chi connectivity index (χ0) is 29.7. The molecule has 0 saturated carbocycles. The van der Waals surface area contributed by atoms with Gasteiger partial charge in [0.15, 0.2) is 18.1 Å². The summed E-state index contributed by atoms with van der Waals surface area (Å²) in [7, 11) is 1.45. The second-order valence-corrected chi connectivity index (χ2v) is 11.3. The predicted molar refractivity (Wildman–Crippen MR) is 163 cm³/mol. The molecular formula is C29H25BrClN3O6S. The van der Waals surface area contributed by atoms with Gasteiger partial charge in [0.05, 0.1) is 17.7 Å². The number of rotatable bonds is 9. The average Bonchev–Trinajstić information content (AvgIpc) is 3.19. The summed E-state index contributed by atoms with van der Waals surface area (Å²) in [6.45, 7) is 3.26. The van der Waals surface area contributed by atoms with Gasteiger partial charge in [-0.3, -0.25) is 24.1 Å². The molecule has 3 aromatic carbocycles. The molecule has 1 heterocycles. The molecular weight excluding hydrogens is 634 g/mol. The summed E-state index contributed by atoms with van der Waals surface area (Å²) in [6.07, 6.45) is 1.53. The van der Waals surface area contributed by atoms with Crippen molar-refractivity contribution in [2.24, 2.45) is 0 Å². The van der Waals surface area contributed by atoms with Crippen LogP contribution in [0.15, 0.2) is 64.0 Å². The Morgan fingerprint density at radius 3 is 2.39 bits per heavy atom. The van der Waals surface area contributed by atoms with Gasteiger partial charge in [-0.1, -0.05) is 17.7 Å². The fraction of sp³-hybridized carbons (Fsp3) is 0.172. The van der Waals surface area contributed by atoms with Crippen LogP contribution in [0, 0.1) is 13.8 Å². The number of imide groups is 1. The number of aryl methyl sites for hydroxylation is 2. The maximum Gasteiger partial charge on any atom is 0.294 e. The molecule has 2 N–H and O–H groups in total. The van der Waals surface area contributed by atoms with Crippen molar-refractivity contribution in [1.82, 2.24) is 4.90 Å². The van der Waals surface area contributed by atoms with Crippen LogP contribution >= 0.6 is 39.3 Å². The number of benzene rings is 3. The molecule has 212 valence electrons. The molecule has 4 rings (SSSR count). The van der Waals surface area contributed by atoms with E-state index in [1.165, 1.54) is 13.2 Å². The normalized spacial score (nSPS) is 13.9. The zero-order valence-electron chi connectivity index (χ0n) is 22.2. The first-order valence-electron chi connectivity index (χ1n) is 12.2. The molecule has 1 aliphatic rings. The van der Waals surface area contributed by atoms with Gasteiger partial charge in [0.1, 0.15) is 6.54 Å². The Labute approximate surface area is 254 Å². The van der Waals surface area contributed by atoms with Crippen LogP contribution in [0.1, 0.15) is 16.7 Å². The van der Waals surface area contributed by atoms with Crippen LogP contribution in [0.2, 0.25) is 5.02 Å². The summed E-state index contributed by atoms with van der Waals surface area (Å²) < 4.78 is 11.9. The van der Waals surface area contributed by atoms with Crippen molar-refractivity contribution in [3.05, 3.63) is 85.7 Å². The van der Waals surface area contributed by atoms with Gasteiger partial charge in [0.25, 0.3) is 17.1 Å². The summed E-state index contributed by atoms with van der Waals surface area (Å²) in [4.78, 5) is 51.3. The summed E-state index contributed by atoms with van der Waals surface area (Å²) in [6, 6.07) is 15.2. The number of hydrogen-bond donors (Lipinski definition) is 2. The Hall–Kier alpha value is -3.80. The monoisotopic (exact) mass is 657 g/mol. The molecule has 0 aromatic heterocycles. The topological polar surface area (TPSA) is 114 Å². The van der Waals surface area contributed by atoms with E-state index >= 15 is 0 Å². The van der Waals surface area contributed by atoms with Gasteiger partial charge >= 0.3 is 0 Å². The minimum atomic E-state index is -0.584. The molecule has 0 spiro atoms. The number of carbonyl (C=O) groups excluding carboxylic acids is 4. The van der Waals surface area contributed by atoms with Crippen molar-refractivity contribution in [3.63, 3.8) is 0 Å². The first-order valence-corrected chi connectivity index (χ1v) is 14.2. The number of thioether (sulfide) groups is 1. The molecule has 41 heavy (non-hydrogen) atoms. The van der Waals surface area contributed by atoms with Crippen LogP contribution in [0.5, 0.6) is 11.5 Å². The lowest BCUT2D eigenvalue weighted by molar-refractivity contribution is -0.127. The molecule has 0 radical (unpaired) electrons. The maximum absolute atomic E-state index is 12.9. The van der Waals surface area contributed by atoms with E-state index in [0.717, 1.165) is 32.3 Å². The molecule has 1 saturated heterocycles. The van der Waals surface area contributed by atoms with Gasteiger partial charge in [-0.05, 0) is 113 Å². The lowest BCUT2D eigenvalue weighted by Gasteiger charge is -2.13. The molecule has 9 nitrogen and oxygen atoms in total. The Morgan fingerprint density at radius 2 is 1.68 bits per heavy atom. The molecule has 12 heteroatoms. The highest BCUT2D eigenvalue weighted by Gasteiger charge is 2.36. The third kappa shape index (κ3) is 7.69. The number of anilines is 2. The van der Waals surface area contributed by atoms with Gasteiger partial charge < -0.3 is 20.1 Å². The van der Waals surface area contributed by atoms with Gasteiger partial charge in [0, 0.05) is 15.2 Å². The van der Waals surface area contributed by atoms with Crippen molar-refractivity contribution in [2.45, 2.75) is 13.8 Å². The summed E-state index contributed by atoms with van der Waals surface area (Å²) in [5, 5.41) is 5.41. The Kier molecular flexibility index (Phi) is 9.74. The highest BCUT2D eigenvalue weighted by Crippen LogP contribution is 2.35. The third-order valence-corrected chi connectivity index (χ3v) is 7.82. The summed E-state index contributed by atoms with van der Waals surface area (Å²) in [5.41, 5.74) is 3.84. The summed E-state index contributed by atoms with van der Waals surface area (Å²) in [5.74, 6) is -0.798. The van der Waals surface area contributed by atoms with Crippen LogP contribution in [0.4, 0.5) is 16.2 Å². The second-order valence-electron chi connectivity index (χ2n) is 8.99. The zero-order valence-corrected chi connectivity index (χ0v) is 25.4. The number of hydrogen-bond acceptors (Lipinski definition) is 7. The Bertz CT molecular complexity index is 1560. The second kappa shape index (κ2) is 13.2. The highest BCUT2D eigenvalue weighted by molar-refractivity contribution is 9.10. The molecule has 4 amide bonds. The molecule has 0 bridgehead atoms. The highest BCUT2D eigenvalue weighted by atomic mass is 79.9. The van der Waals surface area contributed by atoms with Gasteiger partial charge in [0.2, 0.25) is 5.91 Å². The van der Waals surface area contributed by atoms with E-state index < -0.39 is 23.6 Å². The lowest BCUT2D eigenvalue weighted by Crippen LogP contribution is -2.36. The van der Waals surface area contributed by atoms with E-state index in [1.807, 2.05) is 26.0 Å². The quantitative estimate of drug-likeness (QED) is 0.255.